The number of aromatic nitrogens is 1. The Labute approximate surface area is 128 Å². The van der Waals surface area contributed by atoms with E-state index in [1.54, 1.807) is 18.0 Å². The topological polar surface area (TPSA) is 33.1 Å². The molecule has 1 heterocycles. The summed E-state index contributed by atoms with van der Waals surface area (Å²) in [6.07, 6.45) is 1.29. The Morgan fingerprint density at radius 2 is 1.95 bits per heavy atom. The normalized spacial score (nSPS) is 12.5. The molecule has 0 aliphatic rings. The summed E-state index contributed by atoms with van der Waals surface area (Å²) < 4.78 is 0. The van der Waals surface area contributed by atoms with E-state index in [-0.39, 0.29) is 0 Å². The average molecular weight is 295 g/mol. The second-order valence-electron chi connectivity index (χ2n) is 5.05. The molecule has 0 radical (unpaired) electrons. The van der Waals surface area contributed by atoms with Crippen molar-refractivity contribution in [3.05, 3.63) is 71.9 Å². The van der Waals surface area contributed by atoms with Crippen LogP contribution in [-0.4, -0.2) is 15.8 Å². The molecule has 0 fully saturated rings. The Morgan fingerprint density at radius 3 is 2.81 bits per heavy atom. The van der Waals surface area contributed by atoms with Gasteiger partial charge in [-0.1, -0.05) is 36.4 Å². The van der Waals surface area contributed by atoms with E-state index in [4.69, 9.17) is 0 Å². The molecule has 0 saturated heterocycles. The molecule has 21 heavy (non-hydrogen) atoms. The number of nitrogens with zero attached hydrogens (tertiary/aromatic N) is 1. The maximum Gasteiger partial charge on any atom is 0.0884 e. The second-order valence-corrected chi connectivity index (χ2v) is 6.11. The molecule has 2 aromatic carbocycles. The number of hydrogen-bond acceptors (Lipinski definition) is 3. The number of rotatable bonds is 4. The van der Waals surface area contributed by atoms with Gasteiger partial charge in [-0.3, -0.25) is 4.98 Å². The molecule has 1 unspecified atom stereocenters. The molecule has 3 rings (SSSR count). The van der Waals surface area contributed by atoms with Crippen molar-refractivity contribution in [1.82, 2.24) is 4.98 Å². The molecule has 1 atom stereocenters. The summed E-state index contributed by atoms with van der Waals surface area (Å²) in [5.74, 6) is 0.642. The summed E-state index contributed by atoms with van der Waals surface area (Å²) >= 11 is 1.68. The molecule has 0 aliphatic heterocycles. The molecule has 1 aromatic heterocycles. The monoisotopic (exact) mass is 295 g/mol. The lowest BCUT2D eigenvalue weighted by Gasteiger charge is -2.12. The van der Waals surface area contributed by atoms with Crippen LogP contribution in [0.25, 0.3) is 10.9 Å². The van der Waals surface area contributed by atoms with Crippen LogP contribution in [0.1, 0.15) is 17.2 Å². The van der Waals surface area contributed by atoms with Gasteiger partial charge in [0.25, 0.3) is 0 Å². The number of hydrogen-bond donors (Lipinski definition) is 1. The zero-order chi connectivity index (χ0) is 14.7. The Morgan fingerprint density at radius 1 is 1.10 bits per heavy atom. The third-order valence-electron chi connectivity index (χ3n) is 3.51. The van der Waals surface area contributed by atoms with E-state index in [0.29, 0.717) is 5.75 Å². The first kappa shape index (κ1) is 14.1. The quantitative estimate of drug-likeness (QED) is 0.726. The fourth-order valence-electron chi connectivity index (χ4n) is 2.27. The second kappa shape index (κ2) is 6.29. The van der Waals surface area contributed by atoms with Crippen LogP contribution in [0.3, 0.4) is 0 Å². The SMILES string of the molecule is Cc1ccccc1SCC(O)c1ccc2cccnc2c1. The van der Waals surface area contributed by atoms with Gasteiger partial charge in [0.2, 0.25) is 0 Å². The number of pyridine rings is 1. The van der Waals surface area contributed by atoms with Gasteiger partial charge in [-0.25, -0.2) is 0 Å². The lowest BCUT2D eigenvalue weighted by atomic mass is 10.1. The van der Waals surface area contributed by atoms with E-state index in [2.05, 4.69) is 24.0 Å². The first-order chi connectivity index (χ1) is 10.2. The third-order valence-corrected chi connectivity index (χ3v) is 4.76. The van der Waals surface area contributed by atoms with Crippen molar-refractivity contribution in [2.45, 2.75) is 17.9 Å². The van der Waals surface area contributed by atoms with E-state index < -0.39 is 6.10 Å². The van der Waals surface area contributed by atoms with Crippen molar-refractivity contribution >= 4 is 22.7 Å². The molecule has 0 aliphatic carbocycles. The van der Waals surface area contributed by atoms with Crippen molar-refractivity contribution in [3.63, 3.8) is 0 Å². The van der Waals surface area contributed by atoms with E-state index >= 15 is 0 Å². The Kier molecular flexibility index (Phi) is 4.23. The number of thioether (sulfide) groups is 1. The van der Waals surface area contributed by atoms with Gasteiger partial charge in [0.1, 0.15) is 0 Å². The van der Waals surface area contributed by atoms with Crippen LogP contribution in [0.15, 0.2) is 65.7 Å². The molecule has 3 aromatic rings. The Balaban J connectivity index is 1.75. The fraction of sp³-hybridized carbons (Fsp3) is 0.167. The van der Waals surface area contributed by atoms with Gasteiger partial charge in [-0.2, -0.15) is 0 Å². The largest absolute Gasteiger partial charge is 0.388 e. The number of aliphatic hydroxyl groups is 1. The van der Waals surface area contributed by atoms with Gasteiger partial charge in [-0.15, -0.1) is 11.8 Å². The summed E-state index contributed by atoms with van der Waals surface area (Å²) in [6, 6.07) is 18.2. The van der Waals surface area contributed by atoms with Crippen LogP contribution in [0.5, 0.6) is 0 Å². The minimum atomic E-state index is -0.485. The molecule has 2 nitrogen and oxygen atoms in total. The van der Waals surface area contributed by atoms with Crippen LogP contribution >= 0.6 is 11.8 Å². The summed E-state index contributed by atoms with van der Waals surface area (Å²) in [5.41, 5.74) is 3.09. The molecular weight excluding hydrogens is 278 g/mol. The van der Waals surface area contributed by atoms with Crippen LogP contribution < -0.4 is 0 Å². The van der Waals surface area contributed by atoms with Gasteiger partial charge < -0.3 is 5.11 Å². The number of aryl methyl sites for hydroxylation is 1. The smallest absolute Gasteiger partial charge is 0.0884 e. The van der Waals surface area contributed by atoms with Crippen LogP contribution in [-0.2, 0) is 0 Å². The predicted octanol–water partition coefficient (Wildman–Crippen LogP) is 4.37. The lowest BCUT2D eigenvalue weighted by molar-refractivity contribution is 0.204. The first-order valence-electron chi connectivity index (χ1n) is 6.95. The minimum Gasteiger partial charge on any atom is -0.388 e. The summed E-state index contributed by atoms with van der Waals surface area (Å²) in [5, 5.41) is 11.5. The molecule has 1 N–H and O–H groups in total. The molecule has 106 valence electrons. The van der Waals surface area contributed by atoms with Crippen molar-refractivity contribution in [2.24, 2.45) is 0 Å². The first-order valence-corrected chi connectivity index (χ1v) is 7.94. The number of fused-ring (bicyclic) bond motifs is 1. The standard InChI is InChI=1S/C18H17NOS/c1-13-5-2-3-7-18(13)21-12-17(20)15-9-8-14-6-4-10-19-16(14)11-15/h2-11,17,20H,12H2,1H3. The number of benzene rings is 2. The summed E-state index contributed by atoms with van der Waals surface area (Å²) in [6.45, 7) is 2.09. The maximum absolute atomic E-state index is 10.4. The van der Waals surface area contributed by atoms with Crippen molar-refractivity contribution in [3.8, 4) is 0 Å². The van der Waals surface area contributed by atoms with Crippen LogP contribution in [0, 0.1) is 6.92 Å². The molecular formula is C18H17NOS. The van der Waals surface area contributed by atoms with Crippen molar-refractivity contribution < 1.29 is 5.11 Å². The third kappa shape index (κ3) is 3.26. The van der Waals surface area contributed by atoms with Gasteiger partial charge in [0.15, 0.2) is 0 Å². The highest BCUT2D eigenvalue weighted by Crippen LogP contribution is 2.28. The van der Waals surface area contributed by atoms with Crippen molar-refractivity contribution in [2.75, 3.05) is 5.75 Å². The summed E-state index contributed by atoms with van der Waals surface area (Å²) in [7, 11) is 0. The highest BCUT2D eigenvalue weighted by molar-refractivity contribution is 7.99. The minimum absolute atomic E-state index is 0.485. The molecule has 0 saturated carbocycles. The summed E-state index contributed by atoms with van der Waals surface area (Å²) in [4.78, 5) is 5.56. The highest BCUT2D eigenvalue weighted by Gasteiger charge is 2.10. The molecule has 0 spiro atoms. The van der Waals surface area contributed by atoms with Crippen LogP contribution in [0.2, 0.25) is 0 Å². The Bertz CT molecular complexity index is 757. The van der Waals surface area contributed by atoms with Crippen molar-refractivity contribution in [1.29, 1.82) is 0 Å². The molecule has 3 heteroatoms. The highest BCUT2D eigenvalue weighted by atomic mass is 32.2. The Hall–Kier alpha value is -1.84. The van der Waals surface area contributed by atoms with Gasteiger partial charge in [0.05, 0.1) is 11.6 Å². The zero-order valence-corrected chi connectivity index (χ0v) is 12.7. The fourth-order valence-corrected chi connectivity index (χ4v) is 3.27. The number of aliphatic hydroxyl groups excluding tert-OH is 1. The average Bonchev–Trinajstić information content (AvgIpc) is 2.53. The molecule has 0 bridgehead atoms. The lowest BCUT2D eigenvalue weighted by Crippen LogP contribution is -2.01. The molecule has 0 amide bonds. The van der Waals surface area contributed by atoms with Gasteiger partial charge in [-0.05, 0) is 36.2 Å². The van der Waals surface area contributed by atoms with Gasteiger partial charge >= 0.3 is 0 Å². The predicted molar refractivity (Wildman–Crippen MR) is 88.6 cm³/mol. The van der Waals surface area contributed by atoms with E-state index in [0.717, 1.165) is 16.5 Å². The van der Waals surface area contributed by atoms with E-state index in [9.17, 15) is 5.11 Å². The van der Waals surface area contributed by atoms with E-state index in [1.165, 1.54) is 10.5 Å². The maximum atomic E-state index is 10.4. The van der Waals surface area contributed by atoms with Gasteiger partial charge in [0, 0.05) is 22.2 Å². The zero-order valence-electron chi connectivity index (χ0n) is 11.9. The van der Waals surface area contributed by atoms with E-state index in [1.807, 2.05) is 42.5 Å². The van der Waals surface area contributed by atoms with Crippen LogP contribution in [0.4, 0.5) is 0 Å².